The first-order valence-electron chi connectivity index (χ1n) is 7.61. The lowest BCUT2D eigenvalue weighted by atomic mass is 10.1. The lowest BCUT2D eigenvalue weighted by molar-refractivity contribution is -0.137. The predicted octanol–water partition coefficient (Wildman–Crippen LogP) is 3.40. The van der Waals surface area contributed by atoms with Gasteiger partial charge >= 0.3 is 6.18 Å². The molecule has 0 spiro atoms. The van der Waals surface area contributed by atoms with Crippen LogP contribution in [-0.4, -0.2) is 21.4 Å². The lowest BCUT2D eigenvalue weighted by Gasteiger charge is -2.16. The molecule has 0 unspecified atom stereocenters. The Hall–Kier alpha value is -1.37. The Balaban J connectivity index is 1.96. The summed E-state index contributed by atoms with van der Waals surface area (Å²) in [5.41, 5.74) is -0.450. The quantitative estimate of drug-likeness (QED) is 0.887. The van der Waals surface area contributed by atoms with Crippen molar-refractivity contribution >= 4 is 16.7 Å². The Morgan fingerprint density at radius 1 is 1.35 bits per heavy atom. The van der Waals surface area contributed by atoms with Crippen molar-refractivity contribution in [2.75, 3.05) is 0 Å². The number of nitrogens with one attached hydrogen (secondary N) is 1. The molecule has 0 saturated heterocycles. The van der Waals surface area contributed by atoms with Crippen molar-refractivity contribution in [2.24, 2.45) is 0 Å². The predicted molar refractivity (Wildman–Crippen MR) is 83.2 cm³/mol. The summed E-state index contributed by atoms with van der Waals surface area (Å²) in [4.78, 5) is 12.1. The Bertz CT molecular complexity index is 583. The molecule has 0 aliphatic heterocycles. The van der Waals surface area contributed by atoms with Crippen molar-refractivity contribution in [3.63, 3.8) is 0 Å². The van der Waals surface area contributed by atoms with E-state index in [1.807, 2.05) is 0 Å². The number of halogens is 3. The molecule has 1 fully saturated rings. The standard InChI is InChI=1S/C16H20F3NO2S/c1-11(15(21)20-14-7-2-3-8-14)23(22)10-12-5-4-6-13(9-12)16(17,18)19/h4-6,9,11,14H,2-3,7-8,10H2,1H3,(H,20,21)/t11-,23-/m1/s1. The van der Waals surface area contributed by atoms with Gasteiger partial charge in [0.1, 0.15) is 5.25 Å². The third-order valence-electron chi connectivity index (χ3n) is 4.03. The average molecular weight is 347 g/mol. The summed E-state index contributed by atoms with van der Waals surface area (Å²) >= 11 is 0. The molecule has 1 N–H and O–H groups in total. The fourth-order valence-corrected chi connectivity index (χ4v) is 3.70. The van der Waals surface area contributed by atoms with E-state index in [1.54, 1.807) is 6.92 Å². The molecule has 1 aromatic rings. The van der Waals surface area contributed by atoms with Crippen LogP contribution in [0.25, 0.3) is 0 Å². The van der Waals surface area contributed by atoms with Gasteiger partial charge in [0.05, 0.1) is 5.56 Å². The molecular formula is C16H20F3NO2S. The number of carbonyl (C=O) groups is 1. The van der Waals surface area contributed by atoms with Crippen molar-refractivity contribution in [2.45, 2.75) is 55.8 Å². The van der Waals surface area contributed by atoms with Gasteiger partial charge in [0.15, 0.2) is 0 Å². The van der Waals surface area contributed by atoms with Crippen LogP contribution in [0.2, 0.25) is 0 Å². The number of hydrogen-bond acceptors (Lipinski definition) is 2. The minimum absolute atomic E-state index is 0.0663. The van der Waals surface area contributed by atoms with E-state index in [1.165, 1.54) is 12.1 Å². The molecule has 2 atom stereocenters. The summed E-state index contributed by atoms with van der Waals surface area (Å²) in [6.07, 6.45) is -0.417. The lowest BCUT2D eigenvalue weighted by Crippen LogP contribution is -2.40. The van der Waals surface area contributed by atoms with Crippen LogP contribution in [0.1, 0.15) is 43.7 Å². The minimum atomic E-state index is -4.43. The normalized spacial score (nSPS) is 18.6. The molecule has 128 valence electrons. The number of carbonyl (C=O) groups excluding carboxylic acids is 1. The van der Waals surface area contributed by atoms with Gasteiger partial charge in [-0.2, -0.15) is 13.2 Å². The van der Waals surface area contributed by atoms with Crippen LogP contribution in [-0.2, 0) is 27.5 Å². The molecule has 23 heavy (non-hydrogen) atoms. The molecule has 1 amide bonds. The van der Waals surface area contributed by atoms with Crippen LogP contribution in [0.4, 0.5) is 13.2 Å². The van der Waals surface area contributed by atoms with E-state index >= 15 is 0 Å². The Morgan fingerprint density at radius 3 is 2.61 bits per heavy atom. The third-order valence-corrected chi connectivity index (χ3v) is 5.65. The summed E-state index contributed by atoms with van der Waals surface area (Å²) in [6, 6.07) is 4.88. The van der Waals surface area contributed by atoms with Gasteiger partial charge in [-0.1, -0.05) is 31.0 Å². The van der Waals surface area contributed by atoms with E-state index in [9.17, 15) is 22.2 Å². The Morgan fingerprint density at radius 2 is 2.00 bits per heavy atom. The molecule has 2 rings (SSSR count). The maximum Gasteiger partial charge on any atom is 0.416 e. The molecule has 0 heterocycles. The first-order chi connectivity index (χ1) is 10.8. The van der Waals surface area contributed by atoms with Crippen LogP contribution in [0.15, 0.2) is 24.3 Å². The van der Waals surface area contributed by atoms with Crippen molar-refractivity contribution in [1.82, 2.24) is 5.32 Å². The first-order valence-corrected chi connectivity index (χ1v) is 8.99. The molecule has 0 radical (unpaired) electrons. The molecule has 1 aliphatic rings. The van der Waals surface area contributed by atoms with E-state index in [2.05, 4.69) is 5.32 Å². The van der Waals surface area contributed by atoms with E-state index in [4.69, 9.17) is 0 Å². The highest BCUT2D eigenvalue weighted by Crippen LogP contribution is 2.29. The van der Waals surface area contributed by atoms with Gasteiger partial charge in [-0.25, -0.2) is 0 Å². The van der Waals surface area contributed by atoms with Crippen LogP contribution in [0, 0.1) is 0 Å². The Labute approximate surface area is 136 Å². The van der Waals surface area contributed by atoms with Gasteiger partial charge in [0, 0.05) is 22.6 Å². The fourth-order valence-electron chi connectivity index (χ4n) is 2.63. The zero-order chi connectivity index (χ0) is 17.0. The third kappa shape index (κ3) is 5.06. The van der Waals surface area contributed by atoms with E-state index in [0.717, 1.165) is 37.8 Å². The minimum Gasteiger partial charge on any atom is -0.352 e. The molecule has 1 saturated carbocycles. The molecular weight excluding hydrogens is 327 g/mol. The summed E-state index contributed by atoms with van der Waals surface area (Å²) in [5.74, 6) is -0.356. The molecule has 0 bridgehead atoms. The van der Waals surface area contributed by atoms with Crippen molar-refractivity contribution in [1.29, 1.82) is 0 Å². The number of amides is 1. The zero-order valence-electron chi connectivity index (χ0n) is 12.9. The topological polar surface area (TPSA) is 46.2 Å². The zero-order valence-corrected chi connectivity index (χ0v) is 13.7. The monoisotopic (exact) mass is 347 g/mol. The van der Waals surface area contributed by atoms with E-state index in [0.29, 0.717) is 5.56 Å². The average Bonchev–Trinajstić information content (AvgIpc) is 2.98. The van der Waals surface area contributed by atoms with Crippen LogP contribution in [0.5, 0.6) is 0 Å². The second kappa shape index (κ2) is 7.47. The highest BCUT2D eigenvalue weighted by Gasteiger charge is 2.31. The largest absolute Gasteiger partial charge is 0.416 e. The Kier molecular flexibility index (Phi) is 5.84. The number of benzene rings is 1. The van der Waals surface area contributed by atoms with Gasteiger partial charge < -0.3 is 5.32 Å². The summed E-state index contributed by atoms with van der Waals surface area (Å²) in [5, 5.41) is 2.12. The second-order valence-corrected chi connectivity index (χ2v) is 7.61. The van der Waals surface area contributed by atoms with Gasteiger partial charge in [-0.15, -0.1) is 0 Å². The summed E-state index contributed by atoms with van der Waals surface area (Å²) in [6.45, 7) is 1.55. The van der Waals surface area contributed by atoms with Gasteiger partial charge in [-0.3, -0.25) is 9.00 Å². The van der Waals surface area contributed by atoms with Crippen LogP contribution < -0.4 is 5.32 Å². The molecule has 1 aromatic carbocycles. The number of alkyl halides is 3. The van der Waals surface area contributed by atoms with Crippen molar-refractivity contribution in [3.05, 3.63) is 35.4 Å². The summed E-state index contributed by atoms with van der Waals surface area (Å²) in [7, 11) is -1.56. The van der Waals surface area contributed by atoms with Gasteiger partial charge in [-0.05, 0) is 31.4 Å². The highest BCUT2D eigenvalue weighted by molar-refractivity contribution is 7.85. The highest BCUT2D eigenvalue weighted by atomic mass is 32.2. The van der Waals surface area contributed by atoms with Gasteiger partial charge in [0.25, 0.3) is 0 Å². The second-order valence-electron chi connectivity index (χ2n) is 5.86. The number of hydrogen-bond donors (Lipinski definition) is 1. The molecule has 7 heteroatoms. The SMILES string of the molecule is C[C@H](C(=O)NC1CCCC1)[S@](=O)Cc1cccc(C(F)(F)F)c1. The number of rotatable bonds is 5. The summed E-state index contributed by atoms with van der Waals surface area (Å²) < 4.78 is 50.3. The van der Waals surface area contributed by atoms with E-state index < -0.39 is 27.8 Å². The molecule has 3 nitrogen and oxygen atoms in total. The maximum absolute atomic E-state index is 12.7. The first kappa shape index (κ1) is 18.0. The van der Waals surface area contributed by atoms with Crippen molar-refractivity contribution < 1.29 is 22.2 Å². The molecule has 0 aromatic heterocycles. The fraction of sp³-hybridized carbons (Fsp3) is 0.562. The van der Waals surface area contributed by atoms with E-state index in [-0.39, 0.29) is 17.7 Å². The van der Waals surface area contributed by atoms with Crippen LogP contribution >= 0.6 is 0 Å². The molecule has 1 aliphatic carbocycles. The van der Waals surface area contributed by atoms with Crippen molar-refractivity contribution in [3.8, 4) is 0 Å². The van der Waals surface area contributed by atoms with Crippen LogP contribution in [0.3, 0.4) is 0 Å². The maximum atomic E-state index is 12.7. The smallest absolute Gasteiger partial charge is 0.352 e. The van der Waals surface area contributed by atoms with Gasteiger partial charge in [0.2, 0.25) is 5.91 Å².